The van der Waals surface area contributed by atoms with Crippen LogP contribution < -0.4 is 47.5 Å². The van der Waals surface area contributed by atoms with Crippen molar-refractivity contribution in [2.45, 2.75) is 73.5 Å². The molecule has 1 N–H and O–H groups in total. The second-order valence-corrected chi connectivity index (χ2v) is 35.1. The van der Waals surface area contributed by atoms with Crippen LogP contribution in [0.3, 0.4) is 0 Å². The Morgan fingerprint density at radius 1 is 0.317 bits per heavy atom. The van der Waals surface area contributed by atoms with Crippen LogP contribution in [0.5, 0.6) is 0 Å². The highest BCUT2D eigenvalue weighted by Crippen LogP contribution is 2.58. The minimum absolute atomic E-state index is 0.417. The van der Waals surface area contributed by atoms with Gasteiger partial charge < -0.3 is 9.80 Å². The first kappa shape index (κ1) is 67.2. The molecule has 3 unspecified atom stereocenters. The summed E-state index contributed by atoms with van der Waals surface area (Å²) in [6.45, 7) is 18.6. The van der Waals surface area contributed by atoms with E-state index in [1.807, 2.05) is 0 Å². The molecule has 0 fully saturated rings. The van der Waals surface area contributed by atoms with Gasteiger partial charge in [-0.15, -0.1) is 0 Å². The van der Waals surface area contributed by atoms with E-state index in [2.05, 4.69) is 374 Å². The first-order valence-corrected chi connectivity index (χ1v) is 37.1. The molecule has 0 bridgehead atoms. The summed E-state index contributed by atoms with van der Waals surface area (Å²) >= 11 is 0. The average Bonchev–Trinajstić information content (AvgIpc) is 3.67. The summed E-state index contributed by atoms with van der Waals surface area (Å²) in [4.78, 5) is 4.64. The molecule has 8 aromatic rings. The van der Waals surface area contributed by atoms with Crippen molar-refractivity contribution in [2.75, 3.05) is 61.0 Å². The van der Waals surface area contributed by atoms with E-state index >= 15 is 0 Å². The fourth-order valence-corrected chi connectivity index (χ4v) is 27.8. The largest absolute Gasteiger partial charge is 0.304 e. The predicted octanol–water partition coefficient (Wildman–Crippen LogP) is 14.8. The molecule has 8 rings (SSSR count). The molecule has 0 heterocycles. The Balaban J connectivity index is 0.000000198. The molecule has 8 aromatic carbocycles. The van der Waals surface area contributed by atoms with E-state index in [4.69, 9.17) is 0 Å². The second-order valence-electron chi connectivity index (χ2n) is 22.1. The zero-order valence-corrected chi connectivity index (χ0v) is 56.8. The van der Waals surface area contributed by atoms with Gasteiger partial charge in [-0.05, 0) is 124 Å². The van der Waals surface area contributed by atoms with Crippen molar-refractivity contribution >= 4 is 91.0 Å². The Morgan fingerprint density at radius 3 is 0.829 bits per heavy atom. The maximum absolute atomic E-state index is 3.92. The van der Waals surface area contributed by atoms with Gasteiger partial charge in [-0.25, -0.2) is 13.9 Å². The second kappa shape index (κ2) is 35.5. The van der Waals surface area contributed by atoms with Crippen LogP contribution in [0.1, 0.15) is 55.4 Å². The molecule has 0 radical (unpaired) electrons. The summed E-state index contributed by atoms with van der Waals surface area (Å²) in [5.41, 5.74) is 0. The first-order valence-electron chi connectivity index (χ1n) is 28.8. The van der Waals surface area contributed by atoms with Crippen LogP contribution in [0.4, 0.5) is 0 Å². The minimum Gasteiger partial charge on any atom is -0.304 e. The van der Waals surface area contributed by atoms with Gasteiger partial charge in [-0.2, -0.15) is 4.55 Å². The maximum atomic E-state index is 3.92. The van der Waals surface area contributed by atoms with Crippen molar-refractivity contribution in [1.29, 1.82) is 0 Å². The highest BCUT2D eigenvalue weighted by molar-refractivity contribution is 7.82. The van der Waals surface area contributed by atoms with Crippen molar-refractivity contribution in [2.24, 2.45) is 5.92 Å². The molecule has 434 valence electrons. The number of hydrogen-bond acceptors (Lipinski definition) is 7. The standard InChI is InChI=1S/C24H30N2P2.C23H29N3P2.C22H34N2P2/c1-21(2)26(27(20-25(3)4)22-14-8-5-9-15-22)28(23-16-10-6-11-17-23)24-18-12-7-13-19-24;1-24(2)20-27(21-14-8-5-9-15-21)26(25(3)4)28(22-16-10-6-11-17-22)23-18-12-7-13-19-23;1-18(2)17-25(23-19(3)4)24(20(5)6)26(21-13-9-7-10-14-21)22-15-11-8-12-16-22/h5-19,21H,20H2,1-4H3;5-19H,20H2,1-4H3;7-16,18-20,23H,17H2,1-6H3. The third-order valence-electron chi connectivity index (χ3n) is 12.5. The Morgan fingerprint density at radius 2 is 0.573 bits per heavy atom. The van der Waals surface area contributed by atoms with E-state index in [1.165, 1.54) is 48.6 Å². The zero-order chi connectivity index (χ0) is 59.0. The molecule has 0 saturated heterocycles. The monoisotopic (exact) mass is 1210 g/mol. The van der Waals surface area contributed by atoms with Crippen molar-refractivity contribution < 1.29 is 0 Å². The van der Waals surface area contributed by atoms with Crippen molar-refractivity contribution in [3.8, 4) is 0 Å². The molecule has 13 heteroatoms. The lowest BCUT2D eigenvalue weighted by Gasteiger charge is -2.43. The van der Waals surface area contributed by atoms with Crippen LogP contribution >= 0.6 is 48.6 Å². The van der Waals surface area contributed by atoms with Crippen molar-refractivity contribution in [1.82, 2.24) is 33.3 Å². The van der Waals surface area contributed by atoms with Gasteiger partial charge in [0.25, 0.3) is 0 Å². The molecule has 0 aromatic heterocycles. The van der Waals surface area contributed by atoms with Crippen LogP contribution in [-0.2, 0) is 0 Å². The summed E-state index contributed by atoms with van der Waals surface area (Å²) in [6, 6.07) is 89.5. The number of hydrazine groups is 1. The van der Waals surface area contributed by atoms with Gasteiger partial charge in [-0.1, -0.05) is 257 Å². The average molecular weight is 1210 g/mol. The normalized spacial score (nSPS) is 13.0. The van der Waals surface area contributed by atoms with Gasteiger partial charge in [0, 0.05) is 93.4 Å². The summed E-state index contributed by atoms with van der Waals surface area (Å²) < 4.78 is 8.21. The van der Waals surface area contributed by atoms with E-state index in [-0.39, 0.29) is 0 Å². The molecule has 0 aliphatic carbocycles. The molecule has 0 aliphatic heterocycles. The number of benzene rings is 8. The van der Waals surface area contributed by atoms with Crippen molar-refractivity contribution in [3.05, 3.63) is 243 Å². The van der Waals surface area contributed by atoms with Gasteiger partial charge in [0.1, 0.15) is 0 Å². The smallest absolute Gasteiger partial charge is 0.0485 e. The summed E-state index contributed by atoms with van der Waals surface area (Å²) in [5, 5.41) is 17.5. The fraction of sp³-hybridized carbons (Fsp3) is 0.304. The summed E-state index contributed by atoms with van der Waals surface area (Å²) in [6.07, 6.45) is 3.27. The molecule has 82 heavy (non-hydrogen) atoms. The quantitative estimate of drug-likeness (QED) is 0.0451. The zero-order valence-electron chi connectivity index (χ0n) is 51.4. The van der Waals surface area contributed by atoms with Crippen LogP contribution in [0.2, 0.25) is 0 Å². The van der Waals surface area contributed by atoms with E-state index in [0.717, 1.165) is 12.6 Å². The van der Waals surface area contributed by atoms with Gasteiger partial charge in [0.15, 0.2) is 0 Å². The molecule has 3 atom stereocenters. The summed E-state index contributed by atoms with van der Waals surface area (Å²) in [5.74, 6) is 0.678. The van der Waals surface area contributed by atoms with Gasteiger partial charge in [-0.3, -0.25) is 5.09 Å². The Hall–Kier alpha value is -3.94. The molecule has 7 nitrogen and oxygen atoms in total. The van der Waals surface area contributed by atoms with Crippen LogP contribution in [0, 0.1) is 5.92 Å². The maximum Gasteiger partial charge on any atom is 0.0485 e. The third-order valence-corrected chi connectivity index (χ3v) is 31.3. The van der Waals surface area contributed by atoms with Crippen LogP contribution in [-0.4, -0.2) is 107 Å². The lowest BCUT2D eigenvalue weighted by Crippen LogP contribution is -2.39. The molecule has 0 amide bonds. The first-order chi connectivity index (χ1) is 39.5. The number of rotatable bonds is 25. The molecule has 0 saturated carbocycles. The highest BCUT2D eigenvalue weighted by atomic mass is 31.2. The minimum atomic E-state index is -0.686. The van der Waals surface area contributed by atoms with Crippen molar-refractivity contribution in [3.63, 3.8) is 0 Å². The lowest BCUT2D eigenvalue weighted by molar-refractivity contribution is 0.244. The SMILES string of the molecule is CC(C)CP(NC(C)C)N(C(C)C)P(c1ccccc1)c1ccccc1.CC(C)N(P(CN(C)C)c1ccccc1)P(c1ccccc1)c1ccccc1.CN(C)CP(c1ccccc1)N(N(C)C)P(c1ccccc1)c1ccccc1. The van der Waals surface area contributed by atoms with Gasteiger partial charge >= 0.3 is 0 Å². The van der Waals surface area contributed by atoms with E-state index < -0.39 is 48.6 Å². The van der Waals surface area contributed by atoms with Crippen LogP contribution in [0.15, 0.2) is 243 Å². The van der Waals surface area contributed by atoms with Gasteiger partial charge in [0.2, 0.25) is 0 Å². The van der Waals surface area contributed by atoms with Gasteiger partial charge in [0.05, 0.1) is 0 Å². The third kappa shape index (κ3) is 20.6. The predicted molar refractivity (Wildman–Crippen MR) is 375 cm³/mol. The fourth-order valence-electron chi connectivity index (χ4n) is 9.36. The number of hydrogen-bond donors (Lipinski definition) is 1. The number of nitrogens with zero attached hydrogens (tertiary/aromatic N) is 6. The molecule has 0 aliphatic rings. The Kier molecular flexibility index (Phi) is 29.1. The Bertz CT molecular complexity index is 2640. The van der Waals surface area contributed by atoms with Crippen LogP contribution in [0.25, 0.3) is 0 Å². The Labute approximate surface area is 504 Å². The topological polar surface area (TPSA) is 31.5 Å². The lowest BCUT2D eigenvalue weighted by atomic mass is 10.3. The molecular weight excluding hydrogens is 1110 g/mol. The van der Waals surface area contributed by atoms with E-state index in [9.17, 15) is 0 Å². The van der Waals surface area contributed by atoms with E-state index in [0.29, 0.717) is 24.0 Å². The molecular formula is C69H93N7P6. The summed E-state index contributed by atoms with van der Waals surface area (Å²) in [7, 11) is 9.72. The van der Waals surface area contributed by atoms with E-state index in [1.54, 1.807) is 0 Å². The highest BCUT2D eigenvalue weighted by Gasteiger charge is 2.35. The number of nitrogens with one attached hydrogen (secondary N) is 1. The molecule has 0 spiro atoms.